The van der Waals surface area contributed by atoms with Crippen molar-refractivity contribution in [2.75, 3.05) is 4.43 Å². The van der Waals surface area contributed by atoms with Crippen LogP contribution in [-0.4, -0.2) is 23.1 Å². The van der Waals surface area contributed by atoms with Gasteiger partial charge in [-0.1, -0.05) is 29.5 Å². The predicted molar refractivity (Wildman–Crippen MR) is 78.3 cm³/mol. The highest BCUT2D eigenvalue weighted by Gasteiger charge is 2.15. The third-order valence-corrected chi connectivity index (χ3v) is 4.49. The quantitative estimate of drug-likeness (QED) is 0.590. The molecule has 0 N–H and O–H groups in total. The maximum Gasteiger partial charge on any atom is 0.332 e. The Labute approximate surface area is 117 Å². The third kappa shape index (κ3) is 2.00. The molecule has 0 saturated heterocycles. The van der Waals surface area contributed by atoms with E-state index in [9.17, 15) is 9.59 Å². The number of hydrogen-bond donors (Lipinski definition) is 0. The van der Waals surface area contributed by atoms with Crippen molar-refractivity contribution >= 4 is 33.8 Å². The van der Waals surface area contributed by atoms with E-state index in [1.165, 1.54) is 11.6 Å². The van der Waals surface area contributed by atoms with Crippen molar-refractivity contribution in [1.29, 1.82) is 0 Å². The Balaban J connectivity index is 2.74. The highest BCUT2D eigenvalue weighted by Crippen LogP contribution is 2.10. The molecule has 0 saturated carbocycles. The van der Waals surface area contributed by atoms with Crippen molar-refractivity contribution in [3.05, 3.63) is 27.2 Å². The molecule has 1 atom stereocenters. The minimum atomic E-state index is -0.348. The van der Waals surface area contributed by atoms with Crippen LogP contribution in [0.25, 0.3) is 11.2 Å². The van der Waals surface area contributed by atoms with Crippen molar-refractivity contribution in [2.45, 2.75) is 13.5 Å². The summed E-state index contributed by atoms with van der Waals surface area (Å²) in [6, 6.07) is 0. The number of halogens is 1. The monoisotopic (exact) mass is 362 g/mol. The minimum absolute atomic E-state index is 0.286. The van der Waals surface area contributed by atoms with Crippen LogP contribution in [-0.2, 0) is 20.6 Å². The van der Waals surface area contributed by atoms with Crippen LogP contribution in [0.2, 0.25) is 0 Å². The van der Waals surface area contributed by atoms with Crippen LogP contribution in [0, 0.1) is 5.92 Å². The predicted octanol–water partition coefficient (Wildman–Crippen LogP) is 0.505. The topological polar surface area (TPSA) is 61.8 Å². The number of imidazole rings is 1. The second kappa shape index (κ2) is 4.87. The van der Waals surface area contributed by atoms with E-state index >= 15 is 0 Å². The zero-order valence-electron chi connectivity index (χ0n) is 10.6. The summed E-state index contributed by atoms with van der Waals surface area (Å²) >= 11 is 2.32. The molecule has 2 heterocycles. The summed E-state index contributed by atoms with van der Waals surface area (Å²) in [5.74, 6) is 0.449. The highest BCUT2D eigenvalue weighted by atomic mass is 127. The lowest BCUT2D eigenvalue weighted by Crippen LogP contribution is -2.37. The lowest BCUT2D eigenvalue weighted by atomic mass is 10.2. The Morgan fingerprint density at radius 3 is 2.61 bits per heavy atom. The van der Waals surface area contributed by atoms with Crippen LogP contribution >= 0.6 is 22.6 Å². The molecule has 0 fully saturated rings. The summed E-state index contributed by atoms with van der Waals surface area (Å²) in [4.78, 5) is 28.1. The average molecular weight is 362 g/mol. The van der Waals surface area contributed by atoms with Crippen molar-refractivity contribution in [3.8, 4) is 0 Å². The van der Waals surface area contributed by atoms with Gasteiger partial charge in [0.1, 0.15) is 0 Å². The molecule has 1 unspecified atom stereocenters. The summed E-state index contributed by atoms with van der Waals surface area (Å²) in [6.45, 7) is 2.84. The van der Waals surface area contributed by atoms with Gasteiger partial charge in [-0.3, -0.25) is 13.9 Å². The number of alkyl halides is 1. The Morgan fingerprint density at radius 2 is 2.00 bits per heavy atom. The molecular weight excluding hydrogens is 347 g/mol. The van der Waals surface area contributed by atoms with Gasteiger partial charge in [0, 0.05) is 25.1 Å². The van der Waals surface area contributed by atoms with Crippen LogP contribution in [0.4, 0.5) is 0 Å². The van der Waals surface area contributed by atoms with Gasteiger partial charge in [0.25, 0.3) is 5.56 Å². The first kappa shape index (κ1) is 13.3. The van der Waals surface area contributed by atoms with Gasteiger partial charge in [-0.15, -0.1) is 0 Å². The van der Waals surface area contributed by atoms with E-state index in [1.807, 2.05) is 4.57 Å². The van der Waals surface area contributed by atoms with Crippen LogP contribution < -0.4 is 11.2 Å². The molecule has 2 rings (SSSR count). The molecule has 0 amide bonds. The smallest absolute Gasteiger partial charge is 0.324 e. The van der Waals surface area contributed by atoms with Gasteiger partial charge in [0.2, 0.25) is 0 Å². The van der Waals surface area contributed by atoms with Gasteiger partial charge in [0.05, 0.1) is 6.33 Å². The molecule has 98 valence electrons. The molecule has 0 aliphatic heterocycles. The molecule has 2 aromatic rings. The fraction of sp³-hybridized carbons (Fsp3) is 0.545. The van der Waals surface area contributed by atoms with E-state index in [-0.39, 0.29) is 11.2 Å². The van der Waals surface area contributed by atoms with Crippen LogP contribution in [0.1, 0.15) is 6.92 Å². The third-order valence-electron chi connectivity index (χ3n) is 2.99. The van der Waals surface area contributed by atoms with E-state index < -0.39 is 0 Å². The Hall–Kier alpha value is -1.12. The van der Waals surface area contributed by atoms with Crippen LogP contribution in [0.3, 0.4) is 0 Å². The van der Waals surface area contributed by atoms with Gasteiger partial charge < -0.3 is 4.57 Å². The molecule has 6 nitrogen and oxygen atoms in total. The summed E-state index contributed by atoms with van der Waals surface area (Å²) in [5, 5.41) is 0. The molecule has 18 heavy (non-hydrogen) atoms. The second-order valence-corrected chi connectivity index (χ2v) is 5.42. The fourth-order valence-corrected chi connectivity index (χ4v) is 2.20. The van der Waals surface area contributed by atoms with E-state index in [0.29, 0.717) is 17.1 Å². The molecule has 7 heteroatoms. The molecule has 0 spiro atoms. The van der Waals surface area contributed by atoms with Crippen molar-refractivity contribution in [1.82, 2.24) is 18.7 Å². The van der Waals surface area contributed by atoms with Crippen LogP contribution in [0.5, 0.6) is 0 Å². The van der Waals surface area contributed by atoms with E-state index in [4.69, 9.17) is 0 Å². The standard InChI is InChI=1S/C11H15IN4O2/c1-7(4-12)5-16-6-13-9-8(16)10(17)15(3)11(18)14(9)2/h6-7H,4-5H2,1-3H3. The van der Waals surface area contributed by atoms with Gasteiger partial charge in [-0.05, 0) is 5.92 Å². The summed E-state index contributed by atoms with van der Waals surface area (Å²) in [5.41, 5.74) is 0.311. The zero-order chi connectivity index (χ0) is 13.4. The Kier molecular flexibility index (Phi) is 3.60. The van der Waals surface area contributed by atoms with Crippen molar-refractivity contribution in [3.63, 3.8) is 0 Å². The second-order valence-electron chi connectivity index (χ2n) is 4.53. The number of hydrogen-bond acceptors (Lipinski definition) is 3. The van der Waals surface area contributed by atoms with Gasteiger partial charge in [-0.2, -0.15) is 0 Å². The summed E-state index contributed by atoms with van der Waals surface area (Å²) in [7, 11) is 3.12. The number of fused-ring (bicyclic) bond motifs is 1. The van der Waals surface area contributed by atoms with Gasteiger partial charge in [0.15, 0.2) is 11.2 Å². The van der Waals surface area contributed by atoms with E-state index in [2.05, 4.69) is 34.5 Å². The number of rotatable bonds is 3. The molecule has 0 bridgehead atoms. The average Bonchev–Trinajstić information content (AvgIpc) is 2.77. The van der Waals surface area contributed by atoms with Crippen molar-refractivity contribution in [2.24, 2.45) is 20.0 Å². The largest absolute Gasteiger partial charge is 0.332 e. The van der Waals surface area contributed by atoms with Gasteiger partial charge in [-0.25, -0.2) is 9.78 Å². The first-order chi connectivity index (χ1) is 8.47. The number of aromatic nitrogens is 4. The van der Waals surface area contributed by atoms with Crippen LogP contribution in [0.15, 0.2) is 15.9 Å². The molecule has 2 aromatic heterocycles. The molecule has 0 radical (unpaired) electrons. The molecule has 0 aliphatic carbocycles. The van der Waals surface area contributed by atoms with Gasteiger partial charge >= 0.3 is 5.69 Å². The minimum Gasteiger partial charge on any atom is -0.324 e. The molecule has 0 aliphatic rings. The summed E-state index contributed by atoms with van der Waals surface area (Å²) < 4.78 is 5.36. The van der Waals surface area contributed by atoms with Crippen molar-refractivity contribution < 1.29 is 0 Å². The zero-order valence-corrected chi connectivity index (χ0v) is 12.7. The van der Waals surface area contributed by atoms with E-state index in [0.717, 1.165) is 15.5 Å². The summed E-state index contributed by atoms with van der Waals surface area (Å²) in [6.07, 6.45) is 1.63. The highest BCUT2D eigenvalue weighted by molar-refractivity contribution is 14.1. The normalized spacial score (nSPS) is 13.1. The Bertz CT molecular complexity index is 697. The Morgan fingerprint density at radius 1 is 1.33 bits per heavy atom. The fourth-order valence-electron chi connectivity index (χ4n) is 1.92. The lowest BCUT2D eigenvalue weighted by molar-refractivity contribution is 0.544. The maximum absolute atomic E-state index is 12.1. The number of nitrogens with zero attached hydrogens (tertiary/aromatic N) is 4. The molecule has 0 aromatic carbocycles. The number of aryl methyl sites for hydroxylation is 1. The first-order valence-electron chi connectivity index (χ1n) is 5.64. The van der Waals surface area contributed by atoms with E-state index in [1.54, 1.807) is 13.4 Å². The first-order valence-corrected chi connectivity index (χ1v) is 7.16. The SMILES string of the molecule is CC(CI)Cn1cnc2c1c(=O)n(C)c(=O)n2C. The molecular formula is C11H15IN4O2. The maximum atomic E-state index is 12.1. The lowest BCUT2D eigenvalue weighted by Gasteiger charge is -2.10.